The molecule has 1 N–H and O–H groups in total. The van der Waals surface area contributed by atoms with E-state index in [1.165, 1.54) is 38.5 Å². The summed E-state index contributed by atoms with van der Waals surface area (Å²) >= 11 is 0. The molecule has 0 bridgehead atoms. The van der Waals surface area contributed by atoms with Gasteiger partial charge in [0, 0.05) is 6.04 Å². The largest absolute Gasteiger partial charge is 0.314 e. The van der Waals surface area contributed by atoms with Crippen molar-refractivity contribution in [1.82, 2.24) is 5.32 Å². The van der Waals surface area contributed by atoms with Crippen molar-refractivity contribution in [2.24, 2.45) is 5.41 Å². The predicted molar refractivity (Wildman–Crippen MR) is 68.1 cm³/mol. The molecule has 1 unspecified atom stereocenters. The molecule has 1 rings (SSSR count). The molecule has 1 aliphatic carbocycles. The van der Waals surface area contributed by atoms with Crippen molar-refractivity contribution in [3.05, 3.63) is 12.2 Å². The van der Waals surface area contributed by atoms with Crippen molar-refractivity contribution < 1.29 is 0 Å². The summed E-state index contributed by atoms with van der Waals surface area (Å²) in [5, 5.41) is 3.68. The zero-order valence-corrected chi connectivity index (χ0v) is 10.7. The summed E-state index contributed by atoms with van der Waals surface area (Å²) in [5.41, 5.74) is 0.583. The van der Waals surface area contributed by atoms with Gasteiger partial charge in [0.05, 0.1) is 0 Å². The Bertz CT molecular complexity index is 194. The molecule has 0 aliphatic heterocycles. The van der Waals surface area contributed by atoms with Gasteiger partial charge in [0.25, 0.3) is 0 Å². The second-order valence-electron chi connectivity index (χ2n) is 5.60. The van der Waals surface area contributed by atoms with Crippen LogP contribution >= 0.6 is 0 Å². The summed E-state index contributed by atoms with van der Waals surface area (Å²) in [6.45, 7) is 8.06. The molecule has 1 saturated carbocycles. The number of rotatable bonds is 4. The van der Waals surface area contributed by atoms with E-state index in [1.807, 2.05) is 0 Å². The molecule has 15 heavy (non-hydrogen) atoms. The minimum Gasteiger partial charge on any atom is -0.314 e. The third-order valence-electron chi connectivity index (χ3n) is 3.56. The highest BCUT2D eigenvalue weighted by Crippen LogP contribution is 2.33. The zero-order chi connectivity index (χ0) is 11.1. The van der Waals surface area contributed by atoms with Crippen molar-refractivity contribution in [2.45, 2.75) is 65.3 Å². The third-order valence-corrected chi connectivity index (χ3v) is 3.56. The summed E-state index contributed by atoms with van der Waals surface area (Å²) in [6, 6.07) is 0.775. The van der Waals surface area contributed by atoms with Gasteiger partial charge in [-0.15, -0.1) is 0 Å². The van der Waals surface area contributed by atoms with Crippen molar-refractivity contribution in [1.29, 1.82) is 0 Å². The van der Waals surface area contributed by atoms with Gasteiger partial charge in [0.1, 0.15) is 0 Å². The Labute approximate surface area is 95.3 Å². The van der Waals surface area contributed by atoms with Crippen LogP contribution in [0, 0.1) is 5.41 Å². The molecule has 0 amide bonds. The first-order chi connectivity index (χ1) is 7.14. The monoisotopic (exact) mass is 209 g/mol. The highest BCUT2D eigenvalue weighted by atomic mass is 14.9. The molecule has 1 atom stereocenters. The molecule has 0 aromatic heterocycles. The minimum absolute atomic E-state index is 0.583. The Morgan fingerprint density at radius 3 is 2.80 bits per heavy atom. The van der Waals surface area contributed by atoms with E-state index < -0.39 is 0 Å². The first kappa shape index (κ1) is 12.8. The normalized spacial score (nSPS) is 26.7. The molecule has 0 radical (unpaired) electrons. The molecule has 1 heteroatoms. The summed E-state index contributed by atoms with van der Waals surface area (Å²) < 4.78 is 0. The van der Waals surface area contributed by atoms with Gasteiger partial charge in [0.2, 0.25) is 0 Å². The molecule has 0 aromatic carbocycles. The number of hydrogen-bond acceptors (Lipinski definition) is 1. The molecule has 88 valence electrons. The summed E-state index contributed by atoms with van der Waals surface area (Å²) in [7, 11) is 0. The standard InChI is InChI=1S/C14H27N/c1-4-5-6-12-15-13-8-7-10-14(2,3)11-9-13/h4-5,13,15H,6-12H2,1-3H3/b5-4+. The van der Waals surface area contributed by atoms with Crippen LogP contribution in [0.1, 0.15) is 59.3 Å². The number of allylic oxidation sites excluding steroid dienone is 1. The first-order valence-electron chi connectivity index (χ1n) is 6.48. The molecule has 1 nitrogen and oxygen atoms in total. The maximum absolute atomic E-state index is 3.68. The molecule has 0 heterocycles. The van der Waals surface area contributed by atoms with Crippen LogP contribution in [0.3, 0.4) is 0 Å². The minimum atomic E-state index is 0.583. The van der Waals surface area contributed by atoms with E-state index >= 15 is 0 Å². The molecule has 1 aliphatic rings. The zero-order valence-electron chi connectivity index (χ0n) is 10.7. The van der Waals surface area contributed by atoms with E-state index in [9.17, 15) is 0 Å². The maximum Gasteiger partial charge on any atom is 0.00673 e. The smallest absolute Gasteiger partial charge is 0.00673 e. The molecule has 0 spiro atoms. The van der Waals surface area contributed by atoms with Crippen molar-refractivity contribution in [2.75, 3.05) is 6.54 Å². The lowest BCUT2D eigenvalue weighted by Crippen LogP contribution is -2.29. The van der Waals surface area contributed by atoms with E-state index in [0.717, 1.165) is 12.6 Å². The Kier molecular flexibility index (Phi) is 5.38. The highest BCUT2D eigenvalue weighted by molar-refractivity contribution is 4.82. The Hall–Kier alpha value is -0.300. The average Bonchev–Trinajstić information content (AvgIpc) is 2.35. The highest BCUT2D eigenvalue weighted by Gasteiger charge is 2.23. The molecular formula is C14H27N. The maximum atomic E-state index is 3.68. The summed E-state index contributed by atoms with van der Waals surface area (Å²) in [4.78, 5) is 0. The van der Waals surface area contributed by atoms with Crippen molar-refractivity contribution in [3.63, 3.8) is 0 Å². The van der Waals surface area contributed by atoms with Gasteiger partial charge >= 0.3 is 0 Å². The van der Waals surface area contributed by atoms with Gasteiger partial charge in [-0.2, -0.15) is 0 Å². The van der Waals surface area contributed by atoms with Gasteiger partial charge in [-0.05, 0) is 51.0 Å². The van der Waals surface area contributed by atoms with E-state index in [-0.39, 0.29) is 0 Å². The molecule has 0 aromatic rings. The van der Waals surface area contributed by atoms with E-state index in [0.29, 0.717) is 5.41 Å². The quantitative estimate of drug-likeness (QED) is 0.420. The second-order valence-corrected chi connectivity index (χ2v) is 5.60. The van der Waals surface area contributed by atoms with Gasteiger partial charge in [-0.3, -0.25) is 0 Å². The number of nitrogens with one attached hydrogen (secondary N) is 1. The fraction of sp³-hybridized carbons (Fsp3) is 0.857. The number of hydrogen-bond donors (Lipinski definition) is 1. The van der Waals surface area contributed by atoms with Crippen LogP contribution in [0.4, 0.5) is 0 Å². The Balaban J connectivity index is 2.20. The predicted octanol–water partition coefficient (Wildman–Crippen LogP) is 3.90. The lowest BCUT2D eigenvalue weighted by molar-refractivity contribution is 0.310. The Morgan fingerprint density at radius 2 is 2.07 bits per heavy atom. The lowest BCUT2D eigenvalue weighted by Gasteiger charge is -2.22. The van der Waals surface area contributed by atoms with Crippen LogP contribution in [0.5, 0.6) is 0 Å². The van der Waals surface area contributed by atoms with E-state index in [2.05, 4.69) is 38.2 Å². The third kappa shape index (κ3) is 5.36. The van der Waals surface area contributed by atoms with E-state index in [4.69, 9.17) is 0 Å². The fourth-order valence-electron chi connectivity index (χ4n) is 2.40. The van der Waals surface area contributed by atoms with Crippen LogP contribution in [0.25, 0.3) is 0 Å². The van der Waals surface area contributed by atoms with Crippen molar-refractivity contribution in [3.8, 4) is 0 Å². The van der Waals surface area contributed by atoms with Gasteiger partial charge in [0.15, 0.2) is 0 Å². The lowest BCUT2D eigenvalue weighted by atomic mass is 9.85. The van der Waals surface area contributed by atoms with Gasteiger partial charge < -0.3 is 5.32 Å². The molecule has 1 fully saturated rings. The average molecular weight is 209 g/mol. The topological polar surface area (TPSA) is 12.0 Å². The summed E-state index contributed by atoms with van der Waals surface area (Å²) in [5.74, 6) is 0. The summed E-state index contributed by atoms with van der Waals surface area (Å²) in [6.07, 6.45) is 12.5. The van der Waals surface area contributed by atoms with Gasteiger partial charge in [-0.25, -0.2) is 0 Å². The molecular weight excluding hydrogens is 182 g/mol. The van der Waals surface area contributed by atoms with Gasteiger partial charge in [-0.1, -0.05) is 32.4 Å². The fourth-order valence-corrected chi connectivity index (χ4v) is 2.40. The van der Waals surface area contributed by atoms with Crippen LogP contribution in [0.15, 0.2) is 12.2 Å². The Morgan fingerprint density at radius 1 is 1.27 bits per heavy atom. The van der Waals surface area contributed by atoms with Crippen LogP contribution in [-0.2, 0) is 0 Å². The van der Waals surface area contributed by atoms with Crippen molar-refractivity contribution >= 4 is 0 Å². The van der Waals surface area contributed by atoms with Crippen LogP contribution < -0.4 is 5.32 Å². The van der Waals surface area contributed by atoms with E-state index in [1.54, 1.807) is 0 Å². The second kappa shape index (κ2) is 6.32. The molecule has 0 saturated heterocycles. The first-order valence-corrected chi connectivity index (χ1v) is 6.48. The van der Waals surface area contributed by atoms with Crippen LogP contribution in [0.2, 0.25) is 0 Å². The van der Waals surface area contributed by atoms with Crippen LogP contribution in [-0.4, -0.2) is 12.6 Å². The SMILES string of the molecule is C/C=C/CCNC1CCCC(C)(C)CC1.